The predicted octanol–water partition coefficient (Wildman–Crippen LogP) is 7.65. The zero-order chi connectivity index (χ0) is 35.5. The number of alkyl halides is 3. The second-order valence-corrected chi connectivity index (χ2v) is 14.1. The molecule has 49 heavy (non-hydrogen) atoms. The summed E-state index contributed by atoms with van der Waals surface area (Å²) in [5.74, 6) is 0.0820. The topological polar surface area (TPSA) is 77.5 Å². The van der Waals surface area contributed by atoms with E-state index in [0.29, 0.717) is 49.3 Å². The molecule has 0 radical (unpaired) electrons. The number of hydrogen-bond donors (Lipinski definition) is 1. The van der Waals surface area contributed by atoms with Gasteiger partial charge in [0.05, 0.1) is 11.6 Å². The average molecular weight is 719 g/mol. The van der Waals surface area contributed by atoms with Crippen LogP contribution in [0, 0.1) is 0 Å². The third kappa shape index (κ3) is 9.06. The van der Waals surface area contributed by atoms with Gasteiger partial charge in [0.1, 0.15) is 17.6 Å². The fourth-order valence-electron chi connectivity index (χ4n) is 6.01. The number of benzene rings is 3. The Kier molecular flexibility index (Phi) is 11.2. The van der Waals surface area contributed by atoms with Gasteiger partial charge in [-0.05, 0) is 58.5 Å². The van der Waals surface area contributed by atoms with Gasteiger partial charge in [0.2, 0.25) is 5.91 Å². The molecule has 8 nitrogen and oxygen atoms in total. The molecule has 3 amide bonds. The average Bonchev–Trinajstić information content (AvgIpc) is 3.43. The lowest BCUT2D eigenvalue weighted by Crippen LogP contribution is -2.54. The number of hydrogen-bond acceptors (Lipinski definition) is 5. The second kappa shape index (κ2) is 15.0. The molecule has 5 rings (SSSR count). The summed E-state index contributed by atoms with van der Waals surface area (Å²) in [5, 5.41) is 3.84. The number of urea groups is 1. The molecule has 0 bridgehead atoms. The summed E-state index contributed by atoms with van der Waals surface area (Å²) in [6.45, 7) is 8.96. The number of amidine groups is 1. The van der Waals surface area contributed by atoms with Gasteiger partial charge in [0, 0.05) is 56.2 Å². The molecule has 0 aliphatic carbocycles. The molecule has 262 valence electrons. The van der Waals surface area contributed by atoms with Gasteiger partial charge >= 0.3 is 12.2 Å². The maximum atomic E-state index is 14.8. The molecule has 0 unspecified atom stereocenters. The Balaban J connectivity index is 1.60. The van der Waals surface area contributed by atoms with Crippen molar-refractivity contribution in [3.8, 4) is 5.75 Å². The van der Waals surface area contributed by atoms with Crippen LogP contribution in [-0.4, -0.2) is 84.5 Å². The molecule has 3 aromatic rings. The van der Waals surface area contributed by atoms with Crippen LogP contribution in [0.2, 0.25) is 10.0 Å². The summed E-state index contributed by atoms with van der Waals surface area (Å²) in [6.07, 6.45) is -4.58. The van der Waals surface area contributed by atoms with Crippen LogP contribution in [0.25, 0.3) is 0 Å². The van der Waals surface area contributed by atoms with Crippen LogP contribution in [0.4, 0.5) is 18.0 Å². The minimum absolute atomic E-state index is 0.0179. The number of halogens is 5. The van der Waals surface area contributed by atoms with Crippen molar-refractivity contribution in [2.24, 2.45) is 4.99 Å². The summed E-state index contributed by atoms with van der Waals surface area (Å²) in [5.41, 5.74) is 2.16. The van der Waals surface area contributed by atoms with E-state index >= 15 is 0 Å². The number of piperazine rings is 1. The number of aliphatic imine (C=N–C) groups is 1. The van der Waals surface area contributed by atoms with E-state index in [0.717, 1.165) is 16.7 Å². The van der Waals surface area contributed by atoms with E-state index in [1.807, 2.05) is 51.1 Å². The van der Waals surface area contributed by atoms with E-state index in [1.54, 1.807) is 46.2 Å². The molecule has 0 spiro atoms. The third-order valence-corrected chi connectivity index (χ3v) is 9.12. The highest BCUT2D eigenvalue weighted by atomic mass is 35.5. The standard InChI is InChI=1S/C36H40Cl2F3N5O3/c1-23(47)42-15-16-44-17-19-45(20-18-44)34(48)46-32(25-7-12-28(38)13-8-25)31(24-5-10-27(37)11-6-24)43-33(46)29-14-9-26(35(2,3)4)21-30(29)49-22-36(39,40)41/h5-14,21,31-32H,15-20,22H2,1-4H3,(H,42,47)/t31-,32+/m0/s1. The Hall–Kier alpha value is -3.80. The number of carbonyl (C=O) groups is 2. The third-order valence-electron chi connectivity index (χ3n) is 8.62. The van der Waals surface area contributed by atoms with Crippen molar-refractivity contribution in [3.05, 3.63) is 99.0 Å². The molecule has 1 saturated heterocycles. The molecule has 13 heteroatoms. The molecule has 3 aromatic carbocycles. The van der Waals surface area contributed by atoms with E-state index in [1.165, 1.54) is 6.92 Å². The van der Waals surface area contributed by atoms with Crippen LogP contribution in [-0.2, 0) is 10.2 Å². The van der Waals surface area contributed by atoms with Gasteiger partial charge in [-0.1, -0.05) is 74.3 Å². The first kappa shape index (κ1) is 36.5. The van der Waals surface area contributed by atoms with Crippen LogP contribution in [0.3, 0.4) is 0 Å². The highest BCUT2D eigenvalue weighted by Gasteiger charge is 2.45. The monoisotopic (exact) mass is 717 g/mol. The Labute approximate surface area is 294 Å². The van der Waals surface area contributed by atoms with Crippen LogP contribution < -0.4 is 10.1 Å². The molecule has 0 saturated carbocycles. The molecular formula is C36H40Cl2F3N5O3. The minimum atomic E-state index is -4.58. The van der Waals surface area contributed by atoms with Crippen molar-refractivity contribution in [2.45, 2.75) is 51.4 Å². The van der Waals surface area contributed by atoms with Gasteiger partial charge in [-0.3, -0.25) is 19.6 Å². The van der Waals surface area contributed by atoms with Crippen molar-refractivity contribution < 1.29 is 27.5 Å². The van der Waals surface area contributed by atoms with Crippen molar-refractivity contribution in [1.29, 1.82) is 0 Å². The smallest absolute Gasteiger partial charge is 0.422 e. The normalized spacial score (nSPS) is 18.8. The lowest BCUT2D eigenvalue weighted by molar-refractivity contribution is -0.153. The summed E-state index contributed by atoms with van der Waals surface area (Å²) >= 11 is 12.5. The molecule has 1 fully saturated rings. The minimum Gasteiger partial charge on any atom is -0.483 e. The zero-order valence-electron chi connectivity index (χ0n) is 27.9. The lowest BCUT2D eigenvalue weighted by Gasteiger charge is -2.39. The Morgan fingerprint density at radius 3 is 2.04 bits per heavy atom. The fourth-order valence-corrected chi connectivity index (χ4v) is 6.26. The molecule has 1 N–H and O–H groups in total. The molecule has 0 aromatic heterocycles. The molecular weight excluding hydrogens is 678 g/mol. The number of nitrogens with one attached hydrogen (secondary N) is 1. The fraction of sp³-hybridized carbons (Fsp3) is 0.417. The van der Waals surface area contributed by atoms with E-state index < -0.39 is 24.9 Å². The number of nitrogens with zero attached hydrogens (tertiary/aromatic N) is 4. The summed E-state index contributed by atoms with van der Waals surface area (Å²) < 4.78 is 46.1. The van der Waals surface area contributed by atoms with Crippen molar-refractivity contribution in [3.63, 3.8) is 0 Å². The molecule has 2 atom stereocenters. The summed E-state index contributed by atoms with van der Waals surface area (Å²) in [6, 6.07) is 17.8. The van der Waals surface area contributed by atoms with Gasteiger partial charge in [0.15, 0.2) is 6.61 Å². The van der Waals surface area contributed by atoms with E-state index in [4.69, 9.17) is 32.9 Å². The van der Waals surface area contributed by atoms with Gasteiger partial charge in [-0.2, -0.15) is 13.2 Å². The lowest BCUT2D eigenvalue weighted by atomic mass is 9.86. The first-order valence-corrected chi connectivity index (χ1v) is 16.8. The first-order chi connectivity index (χ1) is 23.1. The predicted molar refractivity (Wildman–Crippen MR) is 186 cm³/mol. The Morgan fingerprint density at radius 2 is 1.49 bits per heavy atom. The van der Waals surface area contributed by atoms with Crippen LogP contribution in [0.15, 0.2) is 71.7 Å². The number of rotatable bonds is 8. The van der Waals surface area contributed by atoms with Crippen molar-refractivity contribution in [1.82, 2.24) is 20.0 Å². The van der Waals surface area contributed by atoms with Crippen LogP contribution in [0.1, 0.15) is 62.0 Å². The zero-order valence-corrected chi connectivity index (χ0v) is 29.4. The van der Waals surface area contributed by atoms with Gasteiger partial charge in [-0.25, -0.2) is 4.79 Å². The number of amides is 3. The number of carbonyl (C=O) groups excluding carboxylic acids is 2. The highest BCUT2D eigenvalue weighted by molar-refractivity contribution is 6.30. The molecule has 2 heterocycles. The first-order valence-electron chi connectivity index (χ1n) is 16.1. The van der Waals surface area contributed by atoms with Crippen molar-refractivity contribution in [2.75, 3.05) is 45.9 Å². The highest BCUT2D eigenvalue weighted by Crippen LogP contribution is 2.46. The summed E-state index contributed by atoms with van der Waals surface area (Å²) in [4.78, 5) is 36.7. The van der Waals surface area contributed by atoms with Crippen LogP contribution >= 0.6 is 23.2 Å². The van der Waals surface area contributed by atoms with Gasteiger partial charge in [-0.15, -0.1) is 0 Å². The maximum Gasteiger partial charge on any atom is 0.422 e. The van der Waals surface area contributed by atoms with Gasteiger partial charge < -0.3 is 15.0 Å². The second-order valence-electron chi connectivity index (χ2n) is 13.3. The van der Waals surface area contributed by atoms with E-state index in [2.05, 4.69) is 10.2 Å². The molecule has 2 aliphatic heterocycles. The Morgan fingerprint density at radius 1 is 0.898 bits per heavy atom. The van der Waals surface area contributed by atoms with Gasteiger partial charge in [0.25, 0.3) is 0 Å². The van der Waals surface area contributed by atoms with Crippen molar-refractivity contribution >= 4 is 41.0 Å². The number of ether oxygens (including phenoxy) is 1. The Bertz CT molecular complexity index is 1670. The largest absolute Gasteiger partial charge is 0.483 e. The maximum absolute atomic E-state index is 14.8. The SMILES string of the molecule is CC(=O)NCCN1CCN(C(=O)N2C(c3ccc(C(C)(C)C)cc3OCC(F)(F)F)=N[C@@H](c3ccc(Cl)cc3)[C@H]2c2ccc(Cl)cc2)CC1. The summed E-state index contributed by atoms with van der Waals surface area (Å²) in [7, 11) is 0. The molecule has 2 aliphatic rings. The quantitative estimate of drug-likeness (QED) is 0.260. The van der Waals surface area contributed by atoms with E-state index in [-0.39, 0.29) is 34.5 Å². The van der Waals surface area contributed by atoms with Crippen LogP contribution in [0.5, 0.6) is 5.75 Å². The van der Waals surface area contributed by atoms with E-state index in [9.17, 15) is 22.8 Å².